The van der Waals surface area contributed by atoms with Crippen LogP contribution >= 0.6 is 0 Å². The average molecular weight is 274 g/mol. The van der Waals surface area contributed by atoms with Gasteiger partial charge in [0, 0.05) is 25.5 Å². The number of esters is 1. The minimum absolute atomic E-state index is 0.364. The third-order valence-electron chi connectivity index (χ3n) is 4.24. The number of hydrogen-bond donors (Lipinski definition) is 1. The maximum Gasteiger partial charge on any atom is 0.341 e. The van der Waals surface area contributed by atoms with Crippen molar-refractivity contribution in [2.45, 2.75) is 6.92 Å². The molecule has 2 atom stereocenters. The second-order valence-corrected chi connectivity index (χ2v) is 5.45. The molecule has 2 aliphatic rings. The van der Waals surface area contributed by atoms with Crippen LogP contribution in [0.4, 0.5) is 5.95 Å². The van der Waals surface area contributed by atoms with Gasteiger partial charge in [-0.1, -0.05) is 0 Å². The van der Waals surface area contributed by atoms with E-state index < -0.39 is 0 Å². The molecule has 1 aromatic heterocycles. The van der Waals surface area contributed by atoms with Crippen LogP contribution in [0.2, 0.25) is 0 Å². The van der Waals surface area contributed by atoms with Gasteiger partial charge in [0.25, 0.3) is 0 Å². The van der Waals surface area contributed by atoms with Crippen molar-refractivity contribution in [2.75, 3.05) is 31.1 Å². The molecular weight excluding hydrogens is 255 g/mol. The highest BCUT2D eigenvalue weighted by atomic mass is 16.5. The first kappa shape index (κ1) is 13.4. The van der Waals surface area contributed by atoms with E-state index in [1.165, 1.54) is 0 Å². The molecule has 1 aliphatic heterocycles. The molecule has 3 rings (SSSR count). The fourth-order valence-electron chi connectivity index (χ4n) is 3.16. The summed E-state index contributed by atoms with van der Waals surface area (Å²) in [5.74, 6) is 2.72. The van der Waals surface area contributed by atoms with Gasteiger partial charge in [-0.05, 0) is 31.2 Å². The molecule has 6 nitrogen and oxygen atoms in total. The third kappa shape index (κ3) is 2.37. The van der Waals surface area contributed by atoms with Gasteiger partial charge >= 0.3 is 5.97 Å². The standard InChI is InChI=1S/C13H19BN4O2/c1-2-20-12(19)8-3-15-13(16-4-8)18-6-10-9(5-17-14)11(10)7-18/h3-4,9-11,17H,2,5-7,14H2,1H3. The number of nitrogens with one attached hydrogen (secondary N) is 1. The van der Waals surface area contributed by atoms with Crippen molar-refractivity contribution in [1.82, 2.24) is 15.2 Å². The Labute approximate surface area is 119 Å². The minimum Gasteiger partial charge on any atom is -0.462 e. The van der Waals surface area contributed by atoms with Crippen LogP contribution in [0.3, 0.4) is 0 Å². The van der Waals surface area contributed by atoms with Gasteiger partial charge in [-0.2, -0.15) is 0 Å². The molecule has 1 saturated heterocycles. The second kappa shape index (κ2) is 5.40. The summed E-state index contributed by atoms with van der Waals surface area (Å²) in [6.45, 7) is 5.30. The molecule has 0 spiro atoms. The zero-order valence-corrected chi connectivity index (χ0v) is 11.9. The molecular formula is C13H19BN4O2. The molecule has 1 aromatic rings. The van der Waals surface area contributed by atoms with Gasteiger partial charge in [0.1, 0.15) is 0 Å². The predicted molar refractivity (Wildman–Crippen MR) is 77.2 cm³/mol. The molecule has 20 heavy (non-hydrogen) atoms. The summed E-state index contributed by atoms with van der Waals surface area (Å²) in [5.41, 5.74) is 0.410. The monoisotopic (exact) mass is 274 g/mol. The molecule has 2 unspecified atom stereocenters. The number of rotatable bonds is 5. The number of hydrogen-bond acceptors (Lipinski definition) is 6. The van der Waals surface area contributed by atoms with Crippen LogP contribution in [0, 0.1) is 17.8 Å². The highest BCUT2D eigenvalue weighted by molar-refractivity contribution is 6.04. The molecule has 106 valence electrons. The van der Waals surface area contributed by atoms with Crippen molar-refractivity contribution in [1.29, 1.82) is 0 Å². The van der Waals surface area contributed by atoms with E-state index in [4.69, 9.17) is 4.74 Å². The maximum atomic E-state index is 11.5. The summed E-state index contributed by atoms with van der Waals surface area (Å²) < 4.78 is 4.92. The number of anilines is 1. The van der Waals surface area contributed by atoms with Crippen molar-refractivity contribution in [2.24, 2.45) is 17.8 Å². The van der Waals surface area contributed by atoms with Crippen LogP contribution in [0.15, 0.2) is 12.4 Å². The van der Waals surface area contributed by atoms with Crippen LogP contribution in [-0.2, 0) is 4.74 Å². The predicted octanol–water partition coefficient (Wildman–Crippen LogP) is -0.527. The van der Waals surface area contributed by atoms with Crippen LogP contribution in [0.25, 0.3) is 0 Å². The van der Waals surface area contributed by atoms with E-state index in [9.17, 15) is 4.79 Å². The molecule has 2 fully saturated rings. The lowest BCUT2D eigenvalue weighted by Crippen LogP contribution is -2.28. The Morgan fingerprint density at radius 3 is 2.65 bits per heavy atom. The second-order valence-electron chi connectivity index (χ2n) is 5.45. The molecule has 0 aromatic carbocycles. The van der Waals surface area contributed by atoms with E-state index in [0.29, 0.717) is 18.1 Å². The Morgan fingerprint density at radius 2 is 2.10 bits per heavy atom. The van der Waals surface area contributed by atoms with Crippen molar-refractivity contribution >= 4 is 19.9 Å². The maximum absolute atomic E-state index is 11.5. The van der Waals surface area contributed by atoms with E-state index >= 15 is 0 Å². The van der Waals surface area contributed by atoms with E-state index in [1.807, 2.05) is 7.98 Å². The normalized spacial score (nSPS) is 27.2. The Morgan fingerprint density at radius 1 is 1.45 bits per heavy atom. The number of aromatic nitrogens is 2. The first-order valence-corrected chi connectivity index (χ1v) is 7.13. The van der Waals surface area contributed by atoms with Crippen molar-refractivity contribution < 1.29 is 9.53 Å². The number of ether oxygens (including phenoxy) is 1. The lowest BCUT2D eigenvalue weighted by molar-refractivity contribution is 0.0525. The SMILES string of the molecule is BNCC1C2CN(c3ncc(C(=O)OCC)cn3)CC12. The largest absolute Gasteiger partial charge is 0.462 e. The average Bonchev–Trinajstić information content (AvgIpc) is 2.92. The minimum atomic E-state index is -0.364. The van der Waals surface area contributed by atoms with E-state index in [-0.39, 0.29) is 5.97 Å². The van der Waals surface area contributed by atoms with Gasteiger partial charge in [0.05, 0.1) is 12.2 Å². The highest BCUT2D eigenvalue weighted by Gasteiger charge is 2.55. The number of nitrogens with zero attached hydrogens (tertiary/aromatic N) is 3. The van der Waals surface area contributed by atoms with Crippen molar-refractivity contribution in [3.05, 3.63) is 18.0 Å². The Balaban J connectivity index is 1.59. The summed E-state index contributed by atoms with van der Waals surface area (Å²) in [6.07, 6.45) is 3.10. The summed E-state index contributed by atoms with van der Waals surface area (Å²) in [4.78, 5) is 22.3. The molecule has 1 aliphatic carbocycles. The molecule has 0 bridgehead atoms. The number of carbonyl (C=O) groups is 1. The Hall–Kier alpha value is -1.63. The smallest absolute Gasteiger partial charge is 0.341 e. The summed E-state index contributed by atoms with van der Waals surface area (Å²) >= 11 is 0. The first-order valence-electron chi connectivity index (χ1n) is 7.13. The van der Waals surface area contributed by atoms with Crippen LogP contribution in [0.5, 0.6) is 0 Å². The summed E-state index contributed by atoms with van der Waals surface area (Å²) in [7, 11) is 2.00. The van der Waals surface area contributed by atoms with Crippen LogP contribution in [0.1, 0.15) is 17.3 Å². The lowest BCUT2D eigenvalue weighted by atomic mass is 10.2. The van der Waals surface area contributed by atoms with E-state index in [0.717, 1.165) is 37.4 Å². The number of carbonyl (C=O) groups excluding carboxylic acids is 1. The quantitative estimate of drug-likeness (QED) is 0.575. The summed E-state index contributed by atoms with van der Waals surface area (Å²) in [5, 5.41) is 3.24. The summed E-state index contributed by atoms with van der Waals surface area (Å²) in [6, 6.07) is 0. The first-order chi connectivity index (χ1) is 9.74. The fraction of sp³-hybridized carbons (Fsp3) is 0.615. The van der Waals surface area contributed by atoms with E-state index in [1.54, 1.807) is 19.3 Å². The van der Waals surface area contributed by atoms with Gasteiger partial charge in [-0.25, -0.2) is 14.8 Å². The van der Waals surface area contributed by atoms with E-state index in [2.05, 4.69) is 20.1 Å². The van der Waals surface area contributed by atoms with Gasteiger partial charge in [-0.15, -0.1) is 0 Å². The third-order valence-corrected chi connectivity index (χ3v) is 4.24. The van der Waals surface area contributed by atoms with Crippen LogP contribution < -0.4 is 10.1 Å². The van der Waals surface area contributed by atoms with Crippen molar-refractivity contribution in [3.63, 3.8) is 0 Å². The van der Waals surface area contributed by atoms with Crippen LogP contribution in [-0.4, -0.2) is 50.2 Å². The fourth-order valence-corrected chi connectivity index (χ4v) is 3.16. The molecule has 0 radical (unpaired) electrons. The van der Waals surface area contributed by atoms with Gasteiger partial charge in [-0.3, -0.25) is 0 Å². The van der Waals surface area contributed by atoms with Crippen molar-refractivity contribution in [3.8, 4) is 0 Å². The lowest BCUT2D eigenvalue weighted by Gasteiger charge is -2.19. The zero-order valence-electron chi connectivity index (χ0n) is 11.9. The Bertz CT molecular complexity index is 484. The zero-order chi connectivity index (χ0) is 14.1. The Kier molecular flexibility index (Phi) is 3.61. The molecule has 1 saturated carbocycles. The van der Waals surface area contributed by atoms with Gasteiger partial charge < -0.3 is 14.9 Å². The topological polar surface area (TPSA) is 67.4 Å². The molecule has 2 heterocycles. The molecule has 7 heteroatoms. The molecule has 0 amide bonds. The number of piperidine rings is 1. The van der Waals surface area contributed by atoms with Gasteiger partial charge in [0.2, 0.25) is 5.95 Å². The molecule has 1 N–H and O–H groups in total. The number of fused-ring (bicyclic) bond motifs is 1. The van der Waals surface area contributed by atoms with Gasteiger partial charge in [0.15, 0.2) is 7.98 Å². The highest BCUT2D eigenvalue weighted by Crippen LogP contribution is 2.51.